The van der Waals surface area contributed by atoms with Crippen LogP contribution in [-0.2, 0) is 0 Å². The van der Waals surface area contributed by atoms with Gasteiger partial charge in [-0.15, -0.1) is 0 Å². The summed E-state index contributed by atoms with van der Waals surface area (Å²) in [7, 11) is 0. The molecule has 2 nitrogen and oxygen atoms in total. The number of hydrogen-bond acceptors (Lipinski definition) is 2. The second-order valence-corrected chi connectivity index (χ2v) is 4.27. The Hall–Kier alpha value is -2.35. The van der Waals surface area contributed by atoms with Crippen LogP contribution in [0.1, 0.15) is 5.56 Å². The van der Waals surface area contributed by atoms with Crippen LogP contribution in [-0.4, -0.2) is 4.98 Å². The molecule has 1 aromatic heterocycles. The van der Waals surface area contributed by atoms with E-state index in [1.165, 1.54) is 5.56 Å². The lowest BCUT2D eigenvalue weighted by Gasteiger charge is -1.96. The highest BCUT2D eigenvalue weighted by Gasteiger charge is 2.07. The van der Waals surface area contributed by atoms with E-state index in [-0.39, 0.29) is 0 Å². The molecule has 0 aliphatic carbocycles. The van der Waals surface area contributed by atoms with Crippen molar-refractivity contribution in [1.29, 1.82) is 0 Å². The summed E-state index contributed by atoms with van der Waals surface area (Å²) in [4.78, 5) is 4.51. The minimum atomic E-state index is 0.658. The van der Waals surface area contributed by atoms with Gasteiger partial charge in [0.25, 0.3) is 0 Å². The number of aryl methyl sites for hydroxylation is 1. The first-order chi connectivity index (χ1) is 8.83. The van der Waals surface area contributed by atoms with Gasteiger partial charge in [0.1, 0.15) is 12.0 Å². The predicted octanol–water partition coefficient (Wildman–Crippen LogP) is 4.32. The fourth-order valence-electron chi connectivity index (χ4n) is 1.84. The smallest absolute Gasteiger partial charge is 0.226 e. The third kappa shape index (κ3) is 2.05. The summed E-state index contributed by atoms with van der Waals surface area (Å²) in [6.07, 6.45) is 1.70. The quantitative estimate of drug-likeness (QED) is 0.661. The van der Waals surface area contributed by atoms with Gasteiger partial charge in [-0.2, -0.15) is 0 Å². The molecule has 0 saturated heterocycles. The van der Waals surface area contributed by atoms with E-state index in [2.05, 4.69) is 36.2 Å². The summed E-state index contributed by atoms with van der Waals surface area (Å²) in [5.74, 6) is 0.658. The molecule has 0 aliphatic rings. The molecule has 0 amide bonds. The highest BCUT2D eigenvalue weighted by Crippen LogP contribution is 2.24. The van der Waals surface area contributed by atoms with Gasteiger partial charge in [-0.25, -0.2) is 4.98 Å². The summed E-state index contributed by atoms with van der Waals surface area (Å²) in [5.41, 5.74) is 4.18. The van der Waals surface area contributed by atoms with Gasteiger partial charge in [-0.05, 0) is 19.1 Å². The zero-order valence-electron chi connectivity index (χ0n) is 10.1. The van der Waals surface area contributed by atoms with Crippen LogP contribution in [0.4, 0.5) is 0 Å². The van der Waals surface area contributed by atoms with E-state index in [1.807, 2.05) is 30.3 Å². The van der Waals surface area contributed by atoms with E-state index < -0.39 is 0 Å². The van der Waals surface area contributed by atoms with Gasteiger partial charge in [0, 0.05) is 11.1 Å². The topological polar surface area (TPSA) is 26.0 Å². The fraction of sp³-hybridized carbons (Fsp3) is 0.0625. The Morgan fingerprint density at radius 1 is 0.833 bits per heavy atom. The maximum atomic E-state index is 5.52. The third-order valence-electron chi connectivity index (χ3n) is 2.87. The van der Waals surface area contributed by atoms with Gasteiger partial charge < -0.3 is 4.42 Å². The normalized spacial score (nSPS) is 10.5. The van der Waals surface area contributed by atoms with Crippen LogP contribution >= 0.6 is 0 Å². The first-order valence-electron chi connectivity index (χ1n) is 5.91. The second kappa shape index (κ2) is 4.49. The summed E-state index contributed by atoms with van der Waals surface area (Å²) in [5, 5.41) is 0. The summed E-state index contributed by atoms with van der Waals surface area (Å²) in [6.45, 7) is 2.07. The van der Waals surface area contributed by atoms with Crippen molar-refractivity contribution >= 4 is 0 Å². The molecule has 3 aromatic rings. The van der Waals surface area contributed by atoms with Gasteiger partial charge in [0.05, 0.1) is 0 Å². The summed E-state index contributed by atoms with van der Waals surface area (Å²) in [6, 6.07) is 18.2. The number of aromatic nitrogens is 1. The third-order valence-corrected chi connectivity index (χ3v) is 2.87. The Kier molecular flexibility index (Phi) is 2.69. The van der Waals surface area contributed by atoms with Crippen LogP contribution in [0.3, 0.4) is 0 Å². The molecule has 0 bridgehead atoms. The van der Waals surface area contributed by atoms with E-state index in [0.717, 1.165) is 16.8 Å². The van der Waals surface area contributed by atoms with Crippen LogP contribution in [0.25, 0.3) is 22.7 Å². The minimum absolute atomic E-state index is 0.658. The zero-order chi connectivity index (χ0) is 12.4. The highest BCUT2D eigenvalue weighted by atomic mass is 16.3. The molecule has 0 saturated carbocycles. The predicted molar refractivity (Wildman–Crippen MR) is 72.1 cm³/mol. The molecular weight excluding hydrogens is 222 g/mol. The Balaban J connectivity index is 1.97. The van der Waals surface area contributed by atoms with E-state index >= 15 is 0 Å². The average molecular weight is 235 g/mol. The summed E-state index contributed by atoms with van der Waals surface area (Å²) >= 11 is 0. The fourth-order valence-corrected chi connectivity index (χ4v) is 1.84. The summed E-state index contributed by atoms with van der Waals surface area (Å²) < 4.78 is 5.52. The molecule has 0 aliphatic heterocycles. The molecule has 3 rings (SSSR count). The molecule has 18 heavy (non-hydrogen) atoms. The van der Waals surface area contributed by atoms with Crippen molar-refractivity contribution in [3.8, 4) is 22.7 Å². The molecule has 0 radical (unpaired) electrons. The number of rotatable bonds is 2. The first-order valence-corrected chi connectivity index (χ1v) is 5.91. The van der Waals surface area contributed by atoms with Crippen LogP contribution < -0.4 is 0 Å². The van der Waals surface area contributed by atoms with Crippen LogP contribution in [0.15, 0.2) is 65.3 Å². The van der Waals surface area contributed by atoms with Gasteiger partial charge in [0.2, 0.25) is 5.89 Å². The molecule has 0 spiro atoms. The lowest BCUT2D eigenvalue weighted by Crippen LogP contribution is -1.80. The number of nitrogens with zero attached hydrogens (tertiary/aromatic N) is 1. The van der Waals surface area contributed by atoms with Crippen molar-refractivity contribution < 1.29 is 4.42 Å². The SMILES string of the molecule is Cc1ccc(-c2coc(-c3ccccc3)n2)cc1. The van der Waals surface area contributed by atoms with Crippen molar-refractivity contribution in [2.45, 2.75) is 6.92 Å². The molecule has 0 atom stereocenters. The lowest BCUT2D eigenvalue weighted by molar-refractivity contribution is 0.575. The lowest BCUT2D eigenvalue weighted by atomic mass is 10.1. The molecule has 2 aromatic carbocycles. The molecule has 88 valence electrons. The molecule has 0 N–H and O–H groups in total. The van der Waals surface area contributed by atoms with Crippen molar-refractivity contribution in [3.05, 3.63) is 66.4 Å². The monoisotopic (exact) mass is 235 g/mol. The Labute approximate surface area is 106 Å². The maximum absolute atomic E-state index is 5.52. The van der Waals surface area contributed by atoms with Crippen molar-refractivity contribution in [2.24, 2.45) is 0 Å². The van der Waals surface area contributed by atoms with E-state index in [4.69, 9.17) is 4.42 Å². The average Bonchev–Trinajstić information content (AvgIpc) is 2.90. The Bertz CT molecular complexity index is 638. The molecule has 0 unspecified atom stereocenters. The maximum Gasteiger partial charge on any atom is 0.226 e. The van der Waals surface area contributed by atoms with E-state index in [1.54, 1.807) is 6.26 Å². The standard InChI is InChI=1S/C16H13NO/c1-12-7-9-13(10-8-12)15-11-18-16(17-15)14-5-3-2-4-6-14/h2-11H,1H3. The first kappa shape index (κ1) is 10.8. The van der Waals surface area contributed by atoms with Crippen LogP contribution in [0.5, 0.6) is 0 Å². The number of hydrogen-bond donors (Lipinski definition) is 0. The van der Waals surface area contributed by atoms with Gasteiger partial charge in [-0.3, -0.25) is 0 Å². The molecule has 2 heteroatoms. The Morgan fingerprint density at radius 2 is 1.56 bits per heavy atom. The zero-order valence-corrected chi connectivity index (χ0v) is 10.1. The Morgan fingerprint density at radius 3 is 2.28 bits per heavy atom. The number of benzene rings is 2. The van der Waals surface area contributed by atoms with Gasteiger partial charge in [0.15, 0.2) is 0 Å². The van der Waals surface area contributed by atoms with Crippen LogP contribution in [0, 0.1) is 6.92 Å². The van der Waals surface area contributed by atoms with Crippen molar-refractivity contribution in [1.82, 2.24) is 4.98 Å². The van der Waals surface area contributed by atoms with Gasteiger partial charge >= 0.3 is 0 Å². The highest BCUT2D eigenvalue weighted by molar-refractivity contribution is 5.62. The minimum Gasteiger partial charge on any atom is -0.444 e. The van der Waals surface area contributed by atoms with Crippen LogP contribution in [0.2, 0.25) is 0 Å². The molecule has 1 heterocycles. The van der Waals surface area contributed by atoms with E-state index in [0.29, 0.717) is 5.89 Å². The van der Waals surface area contributed by atoms with Crippen molar-refractivity contribution in [3.63, 3.8) is 0 Å². The largest absolute Gasteiger partial charge is 0.444 e. The second-order valence-electron chi connectivity index (χ2n) is 4.27. The number of oxazole rings is 1. The van der Waals surface area contributed by atoms with Gasteiger partial charge in [-0.1, -0.05) is 48.0 Å². The molecular formula is C16H13NO. The van der Waals surface area contributed by atoms with E-state index in [9.17, 15) is 0 Å². The molecule has 0 fully saturated rings. The van der Waals surface area contributed by atoms with Crippen molar-refractivity contribution in [2.75, 3.05) is 0 Å².